The Bertz CT molecular complexity index is 251. The summed E-state index contributed by atoms with van der Waals surface area (Å²) >= 11 is 0. The SMILES string of the molecule is CCC(CNC(=O)NC1CCOC1)C(=O)O. The molecule has 0 aliphatic carbocycles. The molecule has 0 aromatic rings. The zero-order valence-corrected chi connectivity index (χ0v) is 9.36. The van der Waals surface area contributed by atoms with E-state index in [1.165, 1.54) is 0 Å². The Morgan fingerprint density at radius 3 is 2.81 bits per heavy atom. The zero-order chi connectivity index (χ0) is 12.0. The highest BCUT2D eigenvalue weighted by molar-refractivity contribution is 5.76. The van der Waals surface area contributed by atoms with Gasteiger partial charge in [0.1, 0.15) is 0 Å². The molecule has 1 rings (SSSR count). The minimum absolute atomic E-state index is 0.0462. The van der Waals surface area contributed by atoms with Gasteiger partial charge in [0.05, 0.1) is 18.6 Å². The van der Waals surface area contributed by atoms with Crippen LogP contribution in [0.5, 0.6) is 0 Å². The third-order valence-corrected chi connectivity index (χ3v) is 2.62. The zero-order valence-electron chi connectivity index (χ0n) is 9.36. The summed E-state index contributed by atoms with van der Waals surface area (Å²) in [6.07, 6.45) is 1.31. The maximum atomic E-state index is 11.4. The first-order valence-electron chi connectivity index (χ1n) is 5.48. The fraction of sp³-hybridized carbons (Fsp3) is 0.800. The molecule has 0 aromatic heterocycles. The van der Waals surface area contributed by atoms with Crippen LogP contribution in [0.3, 0.4) is 0 Å². The highest BCUT2D eigenvalue weighted by Crippen LogP contribution is 2.03. The molecule has 6 heteroatoms. The molecule has 0 spiro atoms. The van der Waals surface area contributed by atoms with Gasteiger partial charge in [-0.3, -0.25) is 4.79 Å². The van der Waals surface area contributed by atoms with E-state index in [0.29, 0.717) is 19.6 Å². The number of urea groups is 1. The Morgan fingerprint density at radius 1 is 1.56 bits per heavy atom. The van der Waals surface area contributed by atoms with Crippen LogP contribution in [-0.2, 0) is 9.53 Å². The van der Waals surface area contributed by atoms with Gasteiger partial charge in [-0.25, -0.2) is 4.79 Å². The van der Waals surface area contributed by atoms with Gasteiger partial charge in [-0.15, -0.1) is 0 Å². The van der Waals surface area contributed by atoms with Crippen LogP contribution in [0.4, 0.5) is 4.79 Å². The Kier molecular flexibility index (Phi) is 5.04. The van der Waals surface area contributed by atoms with Crippen molar-refractivity contribution >= 4 is 12.0 Å². The monoisotopic (exact) mass is 230 g/mol. The number of carboxylic acid groups (broad SMARTS) is 1. The fourth-order valence-electron chi connectivity index (χ4n) is 1.51. The van der Waals surface area contributed by atoms with Gasteiger partial charge in [-0.1, -0.05) is 6.92 Å². The van der Waals surface area contributed by atoms with E-state index < -0.39 is 11.9 Å². The largest absolute Gasteiger partial charge is 0.481 e. The first-order valence-corrected chi connectivity index (χ1v) is 5.48. The first kappa shape index (κ1) is 12.8. The second kappa shape index (κ2) is 6.32. The number of ether oxygens (including phenoxy) is 1. The Balaban J connectivity index is 2.20. The summed E-state index contributed by atoms with van der Waals surface area (Å²) < 4.78 is 5.11. The smallest absolute Gasteiger partial charge is 0.315 e. The lowest BCUT2D eigenvalue weighted by Crippen LogP contribution is -2.44. The lowest BCUT2D eigenvalue weighted by Gasteiger charge is -2.14. The van der Waals surface area contributed by atoms with Crippen molar-refractivity contribution in [1.82, 2.24) is 10.6 Å². The van der Waals surface area contributed by atoms with Crippen molar-refractivity contribution in [3.63, 3.8) is 0 Å². The molecule has 2 amide bonds. The molecule has 1 saturated heterocycles. The normalized spacial score (nSPS) is 21.4. The van der Waals surface area contributed by atoms with Gasteiger partial charge in [0.2, 0.25) is 0 Å². The molecule has 2 unspecified atom stereocenters. The predicted molar refractivity (Wildman–Crippen MR) is 57.2 cm³/mol. The van der Waals surface area contributed by atoms with Crippen LogP contribution >= 0.6 is 0 Å². The summed E-state index contributed by atoms with van der Waals surface area (Å²) in [5.41, 5.74) is 0. The first-order chi connectivity index (χ1) is 7.63. The summed E-state index contributed by atoms with van der Waals surface area (Å²) in [6.45, 7) is 3.13. The van der Waals surface area contributed by atoms with Crippen molar-refractivity contribution in [2.75, 3.05) is 19.8 Å². The van der Waals surface area contributed by atoms with Crippen molar-refractivity contribution in [2.45, 2.75) is 25.8 Å². The van der Waals surface area contributed by atoms with Crippen molar-refractivity contribution in [1.29, 1.82) is 0 Å². The van der Waals surface area contributed by atoms with E-state index in [2.05, 4.69) is 10.6 Å². The summed E-state index contributed by atoms with van der Waals surface area (Å²) in [5.74, 6) is -1.41. The number of rotatable bonds is 5. The molecule has 1 aliphatic rings. The van der Waals surface area contributed by atoms with E-state index in [4.69, 9.17) is 9.84 Å². The molecular weight excluding hydrogens is 212 g/mol. The van der Waals surface area contributed by atoms with Gasteiger partial charge >= 0.3 is 12.0 Å². The minimum atomic E-state index is -0.882. The van der Waals surface area contributed by atoms with Gasteiger partial charge in [0.15, 0.2) is 0 Å². The van der Waals surface area contributed by atoms with Crippen LogP contribution in [0.25, 0.3) is 0 Å². The van der Waals surface area contributed by atoms with Crippen molar-refractivity contribution < 1.29 is 19.4 Å². The topological polar surface area (TPSA) is 87.7 Å². The maximum Gasteiger partial charge on any atom is 0.315 e. The van der Waals surface area contributed by atoms with E-state index in [9.17, 15) is 9.59 Å². The number of carbonyl (C=O) groups excluding carboxylic acids is 1. The average molecular weight is 230 g/mol. The summed E-state index contributed by atoms with van der Waals surface area (Å²) in [4.78, 5) is 22.1. The molecule has 6 nitrogen and oxygen atoms in total. The molecule has 2 atom stereocenters. The standard InChI is InChI=1S/C10H18N2O4/c1-2-7(9(13)14)5-11-10(15)12-8-3-4-16-6-8/h7-8H,2-6H2,1H3,(H,13,14)(H2,11,12,15). The minimum Gasteiger partial charge on any atom is -0.481 e. The Morgan fingerprint density at radius 2 is 2.31 bits per heavy atom. The van der Waals surface area contributed by atoms with E-state index in [1.54, 1.807) is 6.92 Å². The maximum absolute atomic E-state index is 11.4. The van der Waals surface area contributed by atoms with Crippen LogP contribution in [0.2, 0.25) is 0 Å². The number of hydrogen-bond donors (Lipinski definition) is 3. The van der Waals surface area contributed by atoms with E-state index in [-0.39, 0.29) is 18.6 Å². The molecule has 3 N–H and O–H groups in total. The summed E-state index contributed by atoms with van der Waals surface area (Å²) in [5, 5.41) is 14.1. The van der Waals surface area contributed by atoms with E-state index in [1.807, 2.05) is 0 Å². The van der Waals surface area contributed by atoms with Crippen molar-refractivity contribution in [3.8, 4) is 0 Å². The van der Waals surface area contributed by atoms with Gasteiger partial charge in [0, 0.05) is 13.2 Å². The highest BCUT2D eigenvalue weighted by atomic mass is 16.5. The van der Waals surface area contributed by atoms with E-state index in [0.717, 1.165) is 6.42 Å². The molecule has 0 radical (unpaired) electrons. The molecule has 0 aromatic carbocycles. The van der Waals surface area contributed by atoms with E-state index >= 15 is 0 Å². The van der Waals surface area contributed by atoms with Gasteiger partial charge in [-0.2, -0.15) is 0 Å². The highest BCUT2D eigenvalue weighted by Gasteiger charge is 2.19. The fourth-order valence-corrected chi connectivity index (χ4v) is 1.51. The lowest BCUT2D eigenvalue weighted by molar-refractivity contribution is -0.141. The molecule has 1 heterocycles. The number of aliphatic carboxylic acids is 1. The molecular formula is C10H18N2O4. The van der Waals surface area contributed by atoms with Gasteiger partial charge in [-0.05, 0) is 12.8 Å². The van der Waals surface area contributed by atoms with Gasteiger partial charge < -0.3 is 20.5 Å². The number of carboxylic acids is 1. The second-order valence-corrected chi connectivity index (χ2v) is 3.86. The van der Waals surface area contributed by atoms with Crippen LogP contribution in [0.1, 0.15) is 19.8 Å². The third-order valence-electron chi connectivity index (χ3n) is 2.62. The molecule has 0 bridgehead atoms. The number of amides is 2. The van der Waals surface area contributed by atoms with Crippen LogP contribution in [0.15, 0.2) is 0 Å². The molecule has 16 heavy (non-hydrogen) atoms. The average Bonchev–Trinajstić information content (AvgIpc) is 2.70. The van der Waals surface area contributed by atoms with Crippen molar-refractivity contribution in [3.05, 3.63) is 0 Å². The molecule has 0 saturated carbocycles. The molecule has 1 aliphatic heterocycles. The second-order valence-electron chi connectivity index (χ2n) is 3.86. The van der Waals surface area contributed by atoms with Crippen LogP contribution in [0, 0.1) is 5.92 Å². The summed E-state index contributed by atoms with van der Waals surface area (Å²) in [7, 11) is 0. The van der Waals surface area contributed by atoms with Crippen LogP contribution < -0.4 is 10.6 Å². The quantitative estimate of drug-likeness (QED) is 0.629. The Labute approximate surface area is 94.3 Å². The lowest BCUT2D eigenvalue weighted by atomic mass is 10.1. The number of carbonyl (C=O) groups is 2. The number of nitrogens with one attached hydrogen (secondary N) is 2. The third kappa shape index (κ3) is 4.06. The molecule has 1 fully saturated rings. The molecule has 92 valence electrons. The number of hydrogen-bond acceptors (Lipinski definition) is 3. The van der Waals surface area contributed by atoms with Crippen LogP contribution in [-0.4, -0.2) is 42.9 Å². The summed E-state index contributed by atoms with van der Waals surface area (Å²) in [6, 6.07) is -0.278. The van der Waals surface area contributed by atoms with Crippen molar-refractivity contribution in [2.24, 2.45) is 5.92 Å². The Hall–Kier alpha value is -1.30. The predicted octanol–water partition coefficient (Wildman–Crippen LogP) is 0.185. The van der Waals surface area contributed by atoms with Gasteiger partial charge in [0.25, 0.3) is 0 Å².